The zero-order chi connectivity index (χ0) is 16.4. The Bertz CT molecular complexity index is 811. The Kier molecular flexibility index (Phi) is 4.26. The molecule has 0 N–H and O–H groups in total. The van der Waals surface area contributed by atoms with Crippen LogP contribution in [0.3, 0.4) is 0 Å². The van der Waals surface area contributed by atoms with E-state index < -0.39 is 0 Å². The summed E-state index contributed by atoms with van der Waals surface area (Å²) in [5.41, 5.74) is 4.67. The van der Waals surface area contributed by atoms with Crippen LogP contribution in [-0.2, 0) is 13.0 Å². The van der Waals surface area contributed by atoms with Gasteiger partial charge >= 0.3 is 0 Å². The van der Waals surface area contributed by atoms with E-state index in [1.54, 1.807) is 12.4 Å². The van der Waals surface area contributed by atoms with Crippen molar-refractivity contribution < 1.29 is 0 Å². The zero-order valence-corrected chi connectivity index (χ0v) is 14.1. The van der Waals surface area contributed by atoms with Gasteiger partial charge in [0.15, 0.2) is 0 Å². The number of likely N-dealkylation sites (tertiary alicyclic amines) is 1. The van der Waals surface area contributed by atoms with Crippen LogP contribution in [0, 0.1) is 12.8 Å². The lowest BCUT2D eigenvalue weighted by Gasteiger charge is -2.32. The van der Waals surface area contributed by atoms with Gasteiger partial charge < -0.3 is 4.40 Å². The molecule has 3 aromatic heterocycles. The van der Waals surface area contributed by atoms with Gasteiger partial charge in [-0.1, -0.05) is 0 Å². The van der Waals surface area contributed by atoms with Gasteiger partial charge in [0.05, 0.1) is 5.69 Å². The van der Waals surface area contributed by atoms with Crippen molar-refractivity contribution in [2.24, 2.45) is 5.92 Å². The van der Waals surface area contributed by atoms with Crippen LogP contribution in [0.4, 0.5) is 0 Å². The van der Waals surface area contributed by atoms with Crippen molar-refractivity contribution in [2.75, 3.05) is 13.1 Å². The first kappa shape index (κ1) is 15.3. The fourth-order valence-corrected chi connectivity index (χ4v) is 3.70. The van der Waals surface area contributed by atoms with Crippen LogP contribution in [0.5, 0.6) is 0 Å². The normalized spacial score (nSPS) is 19.0. The van der Waals surface area contributed by atoms with E-state index in [1.165, 1.54) is 30.6 Å². The van der Waals surface area contributed by atoms with Gasteiger partial charge in [0.1, 0.15) is 5.65 Å². The molecule has 0 radical (unpaired) electrons. The van der Waals surface area contributed by atoms with Crippen LogP contribution in [0.25, 0.3) is 5.65 Å². The van der Waals surface area contributed by atoms with Gasteiger partial charge in [0.2, 0.25) is 0 Å². The minimum Gasteiger partial charge on any atom is -0.304 e. The van der Waals surface area contributed by atoms with Crippen molar-refractivity contribution in [3.63, 3.8) is 0 Å². The molecule has 0 aliphatic carbocycles. The maximum Gasteiger partial charge on any atom is 0.137 e. The third kappa shape index (κ3) is 3.31. The standard InChI is InChI=1S/C19H23N5/c1-15-11-22-19-10-17(4-8-24(15)19)14-23-7-2-3-16(13-23)9-18-12-20-5-6-21-18/h4-6,8,10-12,16H,2-3,7,9,13-14H2,1H3. The summed E-state index contributed by atoms with van der Waals surface area (Å²) in [4.78, 5) is 15.6. The third-order valence-electron chi connectivity index (χ3n) is 4.89. The fraction of sp³-hybridized carbons (Fsp3) is 0.421. The SMILES string of the molecule is Cc1cnc2cc(CN3CCCC(Cc4cnccn4)C3)ccn12. The summed E-state index contributed by atoms with van der Waals surface area (Å²) in [5.74, 6) is 0.674. The molecule has 5 nitrogen and oxygen atoms in total. The summed E-state index contributed by atoms with van der Waals surface area (Å²) < 4.78 is 2.14. The number of fused-ring (bicyclic) bond motifs is 1. The largest absolute Gasteiger partial charge is 0.304 e. The number of imidazole rings is 1. The summed E-state index contributed by atoms with van der Waals surface area (Å²) in [6.07, 6.45) is 13.1. The summed E-state index contributed by atoms with van der Waals surface area (Å²) >= 11 is 0. The number of hydrogen-bond acceptors (Lipinski definition) is 4. The van der Waals surface area contributed by atoms with E-state index in [0.29, 0.717) is 5.92 Å². The number of aryl methyl sites for hydroxylation is 1. The molecule has 1 fully saturated rings. The van der Waals surface area contributed by atoms with Gasteiger partial charge in [-0.25, -0.2) is 4.98 Å². The number of rotatable bonds is 4. The predicted octanol–water partition coefficient (Wildman–Crippen LogP) is 2.89. The summed E-state index contributed by atoms with van der Waals surface area (Å²) in [7, 11) is 0. The minimum absolute atomic E-state index is 0.674. The number of aromatic nitrogens is 4. The van der Waals surface area contributed by atoms with Crippen LogP contribution in [0.1, 0.15) is 29.8 Å². The van der Waals surface area contributed by atoms with Gasteiger partial charge in [-0.15, -0.1) is 0 Å². The molecule has 3 aromatic rings. The molecule has 0 bridgehead atoms. The van der Waals surface area contributed by atoms with Crippen molar-refractivity contribution in [3.05, 3.63) is 60.1 Å². The second-order valence-electron chi connectivity index (χ2n) is 6.81. The summed E-state index contributed by atoms with van der Waals surface area (Å²) in [6, 6.07) is 4.42. The maximum absolute atomic E-state index is 4.47. The molecule has 4 heterocycles. The smallest absolute Gasteiger partial charge is 0.137 e. The van der Waals surface area contributed by atoms with Crippen LogP contribution < -0.4 is 0 Å². The van der Waals surface area contributed by atoms with Crippen molar-refractivity contribution >= 4 is 5.65 Å². The highest BCUT2D eigenvalue weighted by Crippen LogP contribution is 2.22. The lowest BCUT2D eigenvalue weighted by atomic mass is 9.93. The van der Waals surface area contributed by atoms with Crippen molar-refractivity contribution in [1.29, 1.82) is 0 Å². The molecule has 0 saturated carbocycles. The van der Waals surface area contributed by atoms with Gasteiger partial charge in [-0.2, -0.15) is 0 Å². The Morgan fingerprint density at radius 2 is 2.17 bits per heavy atom. The monoisotopic (exact) mass is 321 g/mol. The Labute approximate surface area is 142 Å². The minimum atomic E-state index is 0.674. The first-order valence-corrected chi connectivity index (χ1v) is 8.68. The zero-order valence-electron chi connectivity index (χ0n) is 14.1. The molecule has 24 heavy (non-hydrogen) atoms. The molecule has 1 aliphatic rings. The van der Waals surface area contributed by atoms with Crippen LogP contribution >= 0.6 is 0 Å². The molecule has 0 amide bonds. The average Bonchev–Trinajstić information content (AvgIpc) is 2.97. The van der Waals surface area contributed by atoms with Crippen molar-refractivity contribution in [2.45, 2.75) is 32.7 Å². The Morgan fingerprint density at radius 3 is 3.04 bits per heavy atom. The summed E-state index contributed by atoms with van der Waals surface area (Å²) in [6.45, 7) is 5.39. The second kappa shape index (κ2) is 6.69. The van der Waals surface area contributed by atoms with Gasteiger partial charge in [-0.05, 0) is 56.3 Å². The first-order chi connectivity index (χ1) is 11.8. The highest BCUT2D eigenvalue weighted by atomic mass is 15.1. The second-order valence-corrected chi connectivity index (χ2v) is 6.81. The highest BCUT2D eigenvalue weighted by molar-refractivity contribution is 5.43. The first-order valence-electron chi connectivity index (χ1n) is 8.68. The van der Waals surface area contributed by atoms with E-state index in [2.05, 4.69) is 49.5 Å². The highest BCUT2D eigenvalue weighted by Gasteiger charge is 2.21. The molecular weight excluding hydrogens is 298 g/mol. The third-order valence-corrected chi connectivity index (χ3v) is 4.89. The molecule has 1 atom stereocenters. The molecule has 5 heteroatoms. The molecule has 124 valence electrons. The Hall–Kier alpha value is -2.27. The van der Waals surface area contributed by atoms with E-state index in [4.69, 9.17) is 0 Å². The summed E-state index contributed by atoms with van der Waals surface area (Å²) in [5, 5.41) is 0. The van der Waals surface area contributed by atoms with Crippen LogP contribution in [0.15, 0.2) is 43.1 Å². The van der Waals surface area contributed by atoms with E-state index in [0.717, 1.165) is 30.9 Å². The topological polar surface area (TPSA) is 46.3 Å². The molecule has 0 aromatic carbocycles. The fourth-order valence-electron chi connectivity index (χ4n) is 3.70. The van der Waals surface area contributed by atoms with E-state index >= 15 is 0 Å². The quantitative estimate of drug-likeness (QED) is 0.741. The van der Waals surface area contributed by atoms with Gasteiger partial charge in [-0.3, -0.25) is 14.9 Å². The molecule has 0 spiro atoms. The molecular formula is C19H23N5. The van der Waals surface area contributed by atoms with Crippen molar-refractivity contribution in [3.8, 4) is 0 Å². The van der Waals surface area contributed by atoms with Gasteiger partial charge in [0, 0.05) is 49.8 Å². The number of pyridine rings is 1. The molecule has 1 unspecified atom stereocenters. The predicted molar refractivity (Wildman–Crippen MR) is 93.7 cm³/mol. The van der Waals surface area contributed by atoms with E-state index in [1.807, 2.05) is 12.4 Å². The lowest BCUT2D eigenvalue weighted by Crippen LogP contribution is -2.35. The lowest BCUT2D eigenvalue weighted by molar-refractivity contribution is 0.166. The van der Waals surface area contributed by atoms with Crippen LogP contribution in [0.2, 0.25) is 0 Å². The molecule has 1 aliphatic heterocycles. The van der Waals surface area contributed by atoms with E-state index in [-0.39, 0.29) is 0 Å². The molecule has 4 rings (SSSR count). The number of hydrogen-bond donors (Lipinski definition) is 0. The average molecular weight is 321 g/mol. The van der Waals surface area contributed by atoms with Crippen LogP contribution in [-0.4, -0.2) is 37.3 Å². The van der Waals surface area contributed by atoms with Gasteiger partial charge in [0.25, 0.3) is 0 Å². The number of piperidine rings is 1. The van der Waals surface area contributed by atoms with Crippen molar-refractivity contribution in [1.82, 2.24) is 24.3 Å². The Morgan fingerprint density at radius 1 is 1.21 bits per heavy atom. The maximum atomic E-state index is 4.47. The number of nitrogens with zero attached hydrogens (tertiary/aromatic N) is 5. The van der Waals surface area contributed by atoms with E-state index in [9.17, 15) is 0 Å². The molecule has 1 saturated heterocycles. The Balaban J connectivity index is 1.41.